The average molecular weight is 251 g/mol. The van der Waals surface area contributed by atoms with Gasteiger partial charge in [-0.2, -0.15) is 0 Å². The van der Waals surface area contributed by atoms with E-state index in [1.165, 1.54) is 11.3 Å². The SMILES string of the molecule is CCOC(=O)Cc1nc(-c2ccc(C)o2)cs1. The molecule has 4 nitrogen and oxygen atoms in total. The van der Waals surface area contributed by atoms with Gasteiger partial charge in [-0.15, -0.1) is 11.3 Å². The number of thiazole rings is 1. The largest absolute Gasteiger partial charge is 0.466 e. The van der Waals surface area contributed by atoms with Crippen LogP contribution in [-0.4, -0.2) is 17.6 Å². The number of hydrogen-bond donors (Lipinski definition) is 0. The van der Waals surface area contributed by atoms with Crippen LogP contribution < -0.4 is 0 Å². The minimum absolute atomic E-state index is 0.220. The fourth-order valence-electron chi connectivity index (χ4n) is 1.41. The first-order valence-electron chi connectivity index (χ1n) is 5.36. The molecule has 17 heavy (non-hydrogen) atoms. The zero-order valence-electron chi connectivity index (χ0n) is 9.73. The van der Waals surface area contributed by atoms with Gasteiger partial charge in [-0.05, 0) is 26.0 Å². The molecular formula is C12H13NO3S. The maximum absolute atomic E-state index is 11.3. The Balaban J connectivity index is 2.08. The third-order valence-corrected chi connectivity index (χ3v) is 2.99. The Labute approximate surface area is 103 Å². The molecule has 0 N–H and O–H groups in total. The van der Waals surface area contributed by atoms with Gasteiger partial charge < -0.3 is 9.15 Å². The average Bonchev–Trinajstić information content (AvgIpc) is 2.87. The second kappa shape index (κ2) is 5.14. The number of aromatic nitrogens is 1. The first-order valence-corrected chi connectivity index (χ1v) is 6.24. The molecule has 0 saturated carbocycles. The summed E-state index contributed by atoms with van der Waals surface area (Å²) in [7, 11) is 0. The van der Waals surface area contributed by atoms with Gasteiger partial charge in [-0.25, -0.2) is 4.98 Å². The highest BCUT2D eigenvalue weighted by atomic mass is 32.1. The minimum atomic E-state index is -0.246. The number of hydrogen-bond acceptors (Lipinski definition) is 5. The third kappa shape index (κ3) is 2.94. The molecule has 2 aromatic rings. The molecule has 90 valence electrons. The molecule has 0 spiro atoms. The van der Waals surface area contributed by atoms with Crippen molar-refractivity contribution in [3.05, 3.63) is 28.3 Å². The van der Waals surface area contributed by atoms with Crippen molar-refractivity contribution in [2.24, 2.45) is 0 Å². The number of esters is 1. The Morgan fingerprint density at radius 3 is 3.00 bits per heavy atom. The van der Waals surface area contributed by atoms with Gasteiger partial charge in [-0.1, -0.05) is 0 Å². The van der Waals surface area contributed by atoms with Gasteiger partial charge in [0.15, 0.2) is 5.76 Å². The highest BCUT2D eigenvalue weighted by Crippen LogP contribution is 2.24. The van der Waals surface area contributed by atoms with Crippen LogP contribution in [0, 0.1) is 6.92 Å². The Hall–Kier alpha value is -1.62. The van der Waals surface area contributed by atoms with Gasteiger partial charge in [0.1, 0.15) is 16.5 Å². The molecule has 0 saturated heterocycles. The normalized spacial score (nSPS) is 10.5. The lowest BCUT2D eigenvalue weighted by Crippen LogP contribution is -2.07. The van der Waals surface area contributed by atoms with E-state index >= 15 is 0 Å². The van der Waals surface area contributed by atoms with E-state index in [1.807, 2.05) is 24.4 Å². The summed E-state index contributed by atoms with van der Waals surface area (Å²) >= 11 is 1.44. The van der Waals surface area contributed by atoms with Crippen molar-refractivity contribution in [1.29, 1.82) is 0 Å². The van der Waals surface area contributed by atoms with Crippen LogP contribution in [-0.2, 0) is 16.0 Å². The maximum Gasteiger partial charge on any atom is 0.312 e. The van der Waals surface area contributed by atoms with Gasteiger partial charge in [-0.3, -0.25) is 4.79 Å². The standard InChI is InChI=1S/C12H13NO3S/c1-3-15-12(14)6-11-13-9(7-17-11)10-5-4-8(2)16-10/h4-5,7H,3,6H2,1-2H3. The molecular weight excluding hydrogens is 238 g/mol. The predicted molar refractivity (Wildman–Crippen MR) is 64.9 cm³/mol. The Kier molecular flexibility index (Phi) is 3.58. The van der Waals surface area contributed by atoms with E-state index in [0.29, 0.717) is 6.61 Å². The topological polar surface area (TPSA) is 52.3 Å². The van der Waals surface area contributed by atoms with Crippen molar-refractivity contribution in [2.75, 3.05) is 6.61 Å². The van der Waals surface area contributed by atoms with Crippen LogP contribution in [0.4, 0.5) is 0 Å². The summed E-state index contributed by atoms with van der Waals surface area (Å²) in [5, 5.41) is 2.62. The summed E-state index contributed by atoms with van der Waals surface area (Å²) in [5.74, 6) is 1.33. The fourth-order valence-corrected chi connectivity index (χ4v) is 2.18. The van der Waals surface area contributed by atoms with Crippen LogP contribution in [0.15, 0.2) is 21.9 Å². The molecule has 2 aromatic heterocycles. The molecule has 0 aromatic carbocycles. The lowest BCUT2D eigenvalue weighted by Gasteiger charge is -1.97. The van der Waals surface area contributed by atoms with Crippen LogP contribution >= 0.6 is 11.3 Å². The molecule has 0 fully saturated rings. The molecule has 0 atom stereocenters. The summed E-state index contributed by atoms with van der Waals surface area (Å²) in [5.41, 5.74) is 0.766. The first-order chi connectivity index (χ1) is 8.19. The Morgan fingerprint density at radius 1 is 1.53 bits per heavy atom. The number of furan rings is 1. The number of ether oxygens (including phenoxy) is 1. The summed E-state index contributed by atoms with van der Waals surface area (Å²) in [6.07, 6.45) is 0.220. The van der Waals surface area contributed by atoms with Crippen molar-refractivity contribution in [3.8, 4) is 11.5 Å². The number of carbonyl (C=O) groups excluding carboxylic acids is 1. The number of carbonyl (C=O) groups is 1. The zero-order valence-corrected chi connectivity index (χ0v) is 10.5. The highest BCUT2D eigenvalue weighted by Gasteiger charge is 2.11. The van der Waals surface area contributed by atoms with Crippen molar-refractivity contribution < 1.29 is 13.9 Å². The molecule has 0 aliphatic carbocycles. The molecule has 2 rings (SSSR count). The Bertz CT molecular complexity index is 515. The summed E-state index contributed by atoms with van der Waals surface area (Å²) < 4.78 is 10.3. The second-order valence-corrected chi connectivity index (χ2v) is 4.46. The van der Waals surface area contributed by atoms with Crippen LogP contribution in [0.5, 0.6) is 0 Å². The van der Waals surface area contributed by atoms with E-state index in [4.69, 9.17) is 9.15 Å². The number of aryl methyl sites for hydroxylation is 1. The second-order valence-electron chi connectivity index (χ2n) is 3.52. The van der Waals surface area contributed by atoms with E-state index in [9.17, 15) is 4.79 Å². The first kappa shape index (κ1) is 11.9. The fraction of sp³-hybridized carbons (Fsp3) is 0.333. The van der Waals surface area contributed by atoms with Crippen LogP contribution in [0.2, 0.25) is 0 Å². The molecule has 0 radical (unpaired) electrons. The summed E-state index contributed by atoms with van der Waals surface area (Å²) in [6.45, 7) is 4.07. The van der Waals surface area contributed by atoms with Gasteiger partial charge in [0.2, 0.25) is 0 Å². The molecule has 0 bridgehead atoms. The van der Waals surface area contributed by atoms with E-state index in [2.05, 4.69) is 4.98 Å². The van der Waals surface area contributed by atoms with Crippen LogP contribution in [0.1, 0.15) is 17.7 Å². The maximum atomic E-state index is 11.3. The molecule has 0 aliphatic rings. The Morgan fingerprint density at radius 2 is 2.35 bits per heavy atom. The third-order valence-electron chi connectivity index (χ3n) is 2.15. The van der Waals surface area contributed by atoms with Gasteiger partial charge in [0.25, 0.3) is 0 Å². The van der Waals surface area contributed by atoms with Crippen molar-refractivity contribution in [2.45, 2.75) is 20.3 Å². The molecule has 5 heteroatoms. The van der Waals surface area contributed by atoms with E-state index in [0.717, 1.165) is 22.2 Å². The van der Waals surface area contributed by atoms with E-state index < -0.39 is 0 Å². The minimum Gasteiger partial charge on any atom is -0.466 e. The monoisotopic (exact) mass is 251 g/mol. The highest BCUT2D eigenvalue weighted by molar-refractivity contribution is 7.10. The van der Waals surface area contributed by atoms with Crippen molar-refractivity contribution in [1.82, 2.24) is 4.98 Å². The summed E-state index contributed by atoms with van der Waals surface area (Å²) in [4.78, 5) is 15.6. The number of rotatable bonds is 4. The van der Waals surface area contributed by atoms with E-state index in [1.54, 1.807) is 6.92 Å². The molecule has 2 heterocycles. The quantitative estimate of drug-likeness (QED) is 0.784. The lowest BCUT2D eigenvalue weighted by molar-refractivity contribution is -0.142. The lowest BCUT2D eigenvalue weighted by atomic mass is 10.3. The van der Waals surface area contributed by atoms with Gasteiger partial charge in [0.05, 0.1) is 13.0 Å². The summed E-state index contributed by atoms with van der Waals surface area (Å²) in [6, 6.07) is 3.76. The zero-order chi connectivity index (χ0) is 12.3. The van der Waals surface area contributed by atoms with Gasteiger partial charge in [0, 0.05) is 5.38 Å². The molecule has 0 aliphatic heterocycles. The van der Waals surface area contributed by atoms with Crippen molar-refractivity contribution in [3.63, 3.8) is 0 Å². The van der Waals surface area contributed by atoms with Crippen LogP contribution in [0.25, 0.3) is 11.5 Å². The molecule has 0 unspecified atom stereocenters. The van der Waals surface area contributed by atoms with E-state index in [-0.39, 0.29) is 12.4 Å². The number of nitrogens with zero attached hydrogens (tertiary/aromatic N) is 1. The molecule has 0 amide bonds. The van der Waals surface area contributed by atoms with Crippen LogP contribution in [0.3, 0.4) is 0 Å². The predicted octanol–water partition coefficient (Wildman–Crippen LogP) is 2.82. The van der Waals surface area contributed by atoms with Gasteiger partial charge >= 0.3 is 5.97 Å². The van der Waals surface area contributed by atoms with Crippen molar-refractivity contribution >= 4 is 17.3 Å². The smallest absolute Gasteiger partial charge is 0.312 e.